The average molecular weight is 783 g/mol. The highest BCUT2D eigenvalue weighted by Gasteiger charge is 2.52. The molecule has 2 heterocycles. The van der Waals surface area contributed by atoms with Crippen molar-refractivity contribution in [3.63, 3.8) is 0 Å². The van der Waals surface area contributed by atoms with E-state index in [1.165, 1.54) is 83.9 Å². The van der Waals surface area contributed by atoms with E-state index in [9.17, 15) is 0 Å². The summed E-state index contributed by atoms with van der Waals surface area (Å²) in [5.74, 6) is 0. The molecule has 2 heteroatoms. The van der Waals surface area contributed by atoms with E-state index < -0.39 is 5.41 Å². The van der Waals surface area contributed by atoms with Gasteiger partial charge in [-0.05, 0) is 115 Å². The Balaban J connectivity index is 1.09. The maximum absolute atomic E-state index is 2.51. The van der Waals surface area contributed by atoms with Crippen molar-refractivity contribution in [3.05, 3.63) is 252 Å². The summed E-state index contributed by atoms with van der Waals surface area (Å²) in [6.07, 6.45) is 0. The van der Waals surface area contributed by atoms with Crippen LogP contribution in [-0.4, -0.2) is 0 Å². The van der Waals surface area contributed by atoms with Crippen LogP contribution in [0.1, 0.15) is 48.6 Å². The highest BCUT2D eigenvalue weighted by molar-refractivity contribution is 5.97. The van der Waals surface area contributed by atoms with E-state index in [-0.39, 0.29) is 5.41 Å². The molecule has 0 radical (unpaired) electrons. The lowest BCUT2D eigenvalue weighted by Gasteiger charge is -2.51. The number of hydrogen-bond acceptors (Lipinski definition) is 2. The van der Waals surface area contributed by atoms with Crippen molar-refractivity contribution in [3.8, 4) is 33.4 Å². The third-order valence-corrected chi connectivity index (χ3v) is 12.8. The smallest absolute Gasteiger partial charge is 0.0783 e. The minimum Gasteiger partial charge on any atom is -0.310 e. The summed E-state index contributed by atoms with van der Waals surface area (Å²) in [7, 11) is 0. The summed E-state index contributed by atoms with van der Waals surface area (Å²) in [4.78, 5) is 4.96. The molecule has 0 aromatic heterocycles. The fourth-order valence-corrected chi connectivity index (χ4v) is 9.86. The van der Waals surface area contributed by atoms with E-state index >= 15 is 0 Å². The Morgan fingerprint density at radius 1 is 0.295 bits per heavy atom. The molecule has 0 saturated carbocycles. The van der Waals surface area contributed by atoms with Gasteiger partial charge in [-0.3, -0.25) is 0 Å². The predicted octanol–water partition coefficient (Wildman–Crippen LogP) is 15.9. The maximum atomic E-state index is 2.51. The number of anilines is 6. The molecule has 0 bridgehead atoms. The Morgan fingerprint density at radius 2 is 0.607 bits per heavy atom. The van der Waals surface area contributed by atoms with E-state index in [0.29, 0.717) is 0 Å². The van der Waals surface area contributed by atoms with Crippen LogP contribution in [-0.2, 0) is 10.8 Å². The van der Waals surface area contributed by atoms with E-state index in [4.69, 9.17) is 0 Å². The second-order valence-electron chi connectivity index (χ2n) is 17.4. The summed E-state index contributed by atoms with van der Waals surface area (Å²) < 4.78 is 0. The second kappa shape index (κ2) is 14.4. The van der Waals surface area contributed by atoms with E-state index in [0.717, 1.165) is 11.4 Å². The Kier molecular flexibility index (Phi) is 8.65. The molecule has 9 aromatic rings. The third kappa shape index (κ3) is 5.93. The molecule has 0 atom stereocenters. The van der Waals surface area contributed by atoms with Crippen LogP contribution >= 0.6 is 0 Å². The minimum atomic E-state index is -0.599. The molecule has 0 N–H and O–H groups in total. The van der Waals surface area contributed by atoms with Crippen LogP contribution < -0.4 is 9.80 Å². The fourth-order valence-electron chi connectivity index (χ4n) is 9.86. The zero-order chi connectivity index (χ0) is 41.1. The molecule has 2 nitrogen and oxygen atoms in total. The summed E-state index contributed by atoms with van der Waals surface area (Å²) in [6, 6.07) is 82.8. The van der Waals surface area contributed by atoms with Crippen LogP contribution in [0.2, 0.25) is 0 Å². The molecule has 1 spiro atoms. The maximum Gasteiger partial charge on any atom is 0.0783 e. The van der Waals surface area contributed by atoms with Crippen LogP contribution in [0.15, 0.2) is 224 Å². The summed E-state index contributed by atoms with van der Waals surface area (Å²) in [5.41, 5.74) is 20.1. The van der Waals surface area contributed by atoms with Crippen molar-refractivity contribution in [1.29, 1.82) is 0 Å². The van der Waals surface area contributed by atoms with Crippen LogP contribution in [0.25, 0.3) is 33.4 Å². The molecule has 0 amide bonds. The van der Waals surface area contributed by atoms with Crippen molar-refractivity contribution >= 4 is 34.1 Å². The van der Waals surface area contributed by atoms with Gasteiger partial charge < -0.3 is 9.80 Å². The van der Waals surface area contributed by atoms with Gasteiger partial charge in [-0.1, -0.05) is 197 Å². The molecule has 0 unspecified atom stereocenters. The Morgan fingerprint density at radius 3 is 0.984 bits per heavy atom. The zero-order valence-corrected chi connectivity index (χ0v) is 34.8. The molecule has 0 fully saturated rings. The first-order valence-electron chi connectivity index (χ1n) is 21.3. The lowest BCUT2D eigenvalue weighted by atomic mass is 9.59. The minimum absolute atomic E-state index is 0.0596. The number of rotatable bonds is 5. The van der Waals surface area contributed by atoms with Gasteiger partial charge in [0.25, 0.3) is 0 Å². The number of hydrogen-bond donors (Lipinski definition) is 0. The highest BCUT2D eigenvalue weighted by atomic mass is 15.2. The molecule has 61 heavy (non-hydrogen) atoms. The van der Waals surface area contributed by atoms with Crippen molar-refractivity contribution < 1.29 is 0 Å². The van der Waals surface area contributed by atoms with Gasteiger partial charge in [0.05, 0.1) is 28.2 Å². The second-order valence-corrected chi connectivity index (χ2v) is 17.4. The van der Waals surface area contributed by atoms with Gasteiger partial charge in [-0.2, -0.15) is 0 Å². The van der Waals surface area contributed by atoms with Gasteiger partial charge in [0.2, 0.25) is 0 Å². The highest BCUT2D eigenvalue weighted by Crippen LogP contribution is 2.64. The van der Waals surface area contributed by atoms with Gasteiger partial charge in [0.15, 0.2) is 0 Å². The van der Waals surface area contributed by atoms with E-state index in [1.54, 1.807) is 0 Å². The predicted molar refractivity (Wildman–Crippen MR) is 256 cm³/mol. The Hall–Kier alpha value is -7.42. The normalized spacial score (nSPS) is 13.6. The van der Waals surface area contributed by atoms with Crippen molar-refractivity contribution in [1.82, 2.24) is 0 Å². The van der Waals surface area contributed by atoms with Gasteiger partial charge in [-0.15, -0.1) is 0 Å². The van der Waals surface area contributed by atoms with Crippen LogP contribution in [0.3, 0.4) is 0 Å². The Bertz CT molecular complexity index is 2980. The largest absolute Gasteiger partial charge is 0.310 e. The monoisotopic (exact) mass is 782 g/mol. The first-order chi connectivity index (χ1) is 29.9. The molecule has 2 aliphatic heterocycles. The van der Waals surface area contributed by atoms with Gasteiger partial charge in [-0.25, -0.2) is 0 Å². The molecule has 11 rings (SSSR count). The number of benzene rings is 9. The van der Waals surface area contributed by atoms with E-state index in [2.05, 4.69) is 255 Å². The molecule has 0 aliphatic carbocycles. The molecule has 292 valence electrons. The lowest BCUT2D eigenvalue weighted by Crippen LogP contribution is -2.42. The number of fused-ring (bicyclic) bond motifs is 8. The van der Waals surface area contributed by atoms with Crippen LogP contribution in [0.5, 0.6) is 0 Å². The van der Waals surface area contributed by atoms with Crippen molar-refractivity contribution in [2.24, 2.45) is 0 Å². The SMILES string of the molecule is CC(C)(C)c1ccc2c(c1)C1(c3ccccc3N(c3ccc(-c4ccccc4)cc3)c3ccccc31)c1ccccc1N2c1ccc(-c2ccc(-c3ccccc3)cc2)cc1. The first kappa shape index (κ1) is 36.6. The average Bonchev–Trinajstić information content (AvgIpc) is 3.32. The summed E-state index contributed by atoms with van der Waals surface area (Å²) in [6.45, 7) is 6.97. The van der Waals surface area contributed by atoms with Crippen LogP contribution in [0.4, 0.5) is 34.1 Å². The Labute approximate surface area is 359 Å². The van der Waals surface area contributed by atoms with Gasteiger partial charge in [0.1, 0.15) is 0 Å². The topological polar surface area (TPSA) is 6.48 Å². The van der Waals surface area contributed by atoms with Gasteiger partial charge >= 0.3 is 0 Å². The van der Waals surface area contributed by atoms with Crippen molar-refractivity contribution in [2.75, 3.05) is 9.80 Å². The standard InChI is InChI=1S/C59H46N2/c1-58(2,3)47-34-39-57-53(40-47)59(50-20-10-13-23-54(50)60(55-24-14-11-21-51(55)59)48-35-30-45(31-36-48)42-18-8-5-9-19-42)52-22-12-15-25-56(52)61(57)49-37-32-46(33-38-49)44-28-26-43(27-29-44)41-16-6-4-7-17-41/h4-40H,1-3H3. The van der Waals surface area contributed by atoms with Crippen molar-refractivity contribution in [2.45, 2.75) is 31.6 Å². The van der Waals surface area contributed by atoms with Crippen LogP contribution in [0, 0.1) is 0 Å². The van der Waals surface area contributed by atoms with Gasteiger partial charge in [0, 0.05) is 11.4 Å². The molecule has 2 aliphatic rings. The zero-order valence-electron chi connectivity index (χ0n) is 34.8. The summed E-state index contributed by atoms with van der Waals surface area (Å²) in [5, 5.41) is 0. The molecule has 0 saturated heterocycles. The lowest BCUT2D eigenvalue weighted by molar-refractivity contribution is 0.586. The summed E-state index contributed by atoms with van der Waals surface area (Å²) >= 11 is 0. The molecule has 9 aromatic carbocycles. The number of para-hydroxylation sites is 3. The molecular weight excluding hydrogens is 737 g/mol. The number of nitrogens with zero attached hydrogens (tertiary/aromatic N) is 2. The van der Waals surface area contributed by atoms with E-state index in [1.807, 2.05) is 0 Å². The fraction of sp³-hybridized carbons (Fsp3) is 0.0847. The molecular formula is C59H46N2. The first-order valence-corrected chi connectivity index (χ1v) is 21.3. The third-order valence-electron chi connectivity index (χ3n) is 12.8. The quantitative estimate of drug-likeness (QED) is 0.172.